The van der Waals surface area contributed by atoms with Gasteiger partial charge < -0.3 is 4.74 Å². The first-order valence-electron chi connectivity index (χ1n) is 10.4. The fourth-order valence-corrected chi connectivity index (χ4v) is 4.76. The summed E-state index contributed by atoms with van der Waals surface area (Å²) in [6.07, 6.45) is 6.06. The molecule has 1 amide bonds. The number of benzene rings is 1. The van der Waals surface area contributed by atoms with Crippen LogP contribution < -0.4 is 4.90 Å². The molecule has 2 heterocycles. The molecule has 0 aromatic heterocycles. The molecule has 0 unspecified atom stereocenters. The van der Waals surface area contributed by atoms with Gasteiger partial charge in [0.1, 0.15) is 5.84 Å². The Bertz CT molecular complexity index is 689. The first-order valence-corrected chi connectivity index (χ1v) is 10.4. The molecule has 1 saturated carbocycles. The molecule has 3 aliphatic rings. The number of nitrogens with zero attached hydrogens (tertiary/aromatic N) is 3. The maximum absolute atomic E-state index is 13.5. The number of hydrogen-bond acceptors (Lipinski definition) is 4. The maximum atomic E-state index is 13.5. The Kier molecular flexibility index (Phi) is 5.33. The number of carbonyl (C=O) groups excluding carboxylic acids is 1. The summed E-state index contributed by atoms with van der Waals surface area (Å²) in [5.74, 6) is 1.10. The zero-order valence-corrected chi connectivity index (χ0v) is 16.6. The van der Waals surface area contributed by atoms with Gasteiger partial charge >= 0.3 is 0 Å². The normalized spacial score (nSPS) is 28.8. The summed E-state index contributed by atoms with van der Waals surface area (Å²) in [5, 5.41) is 0. The minimum Gasteiger partial charge on any atom is -0.379 e. The molecule has 4 rings (SSSR count). The molecular weight excluding hydrogens is 338 g/mol. The highest BCUT2D eigenvalue weighted by atomic mass is 16.5. The van der Waals surface area contributed by atoms with E-state index in [1.54, 1.807) is 0 Å². The number of amides is 1. The molecule has 0 N–H and O–H groups in total. The van der Waals surface area contributed by atoms with Crippen molar-refractivity contribution < 1.29 is 9.53 Å². The number of morpholine rings is 1. The molecule has 3 fully saturated rings. The molecule has 146 valence electrons. The van der Waals surface area contributed by atoms with Crippen molar-refractivity contribution >= 4 is 17.4 Å². The standard InChI is InChI=1S/C22H31N3O2/c1-22(2)19(24-13-15-27-16-14-24)20(23-17-9-5-3-6-10-17)25(21(22)26)18-11-7-4-8-12-18/h4,7-8,11-12,17,19H,3,5-6,9-10,13-16H2,1-2H3/t19-/m0/s1. The van der Waals surface area contributed by atoms with E-state index in [4.69, 9.17) is 9.73 Å². The van der Waals surface area contributed by atoms with Crippen molar-refractivity contribution in [2.45, 2.75) is 58.0 Å². The van der Waals surface area contributed by atoms with Gasteiger partial charge in [-0.3, -0.25) is 19.6 Å². The zero-order chi connectivity index (χ0) is 18.9. The summed E-state index contributed by atoms with van der Waals surface area (Å²) in [5.41, 5.74) is 0.432. The molecule has 1 atom stereocenters. The number of anilines is 1. The average molecular weight is 370 g/mol. The summed E-state index contributed by atoms with van der Waals surface area (Å²) in [4.78, 5) is 23.1. The van der Waals surface area contributed by atoms with Crippen molar-refractivity contribution in [3.8, 4) is 0 Å². The van der Waals surface area contributed by atoms with Crippen LogP contribution >= 0.6 is 0 Å². The lowest BCUT2D eigenvalue weighted by molar-refractivity contribution is -0.126. The lowest BCUT2D eigenvalue weighted by Crippen LogP contribution is -2.52. The van der Waals surface area contributed by atoms with Gasteiger partial charge in [0.05, 0.1) is 36.4 Å². The highest BCUT2D eigenvalue weighted by Crippen LogP contribution is 2.40. The third-order valence-corrected chi connectivity index (χ3v) is 6.23. The van der Waals surface area contributed by atoms with Crippen molar-refractivity contribution in [1.82, 2.24) is 4.90 Å². The van der Waals surface area contributed by atoms with Crippen LogP contribution in [0.1, 0.15) is 46.0 Å². The number of carbonyl (C=O) groups is 1. The predicted molar refractivity (Wildman–Crippen MR) is 108 cm³/mol. The second-order valence-electron chi connectivity index (χ2n) is 8.53. The first kappa shape index (κ1) is 18.6. The predicted octanol–water partition coefficient (Wildman–Crippen LogP) is 3.49. The van der Waals surface area contributed by atoms with Crippen LogP contribution in [0.3, 0.4) is 0 Å². The maximum Gasteiger partial charge on any atom is 0.240 e. The van der Waals surface area contributed by atoms with Gasteiger partial charge in [0, 0.05) is 13.1 Å². The number of rotatable bonds is 3. The molecule has 2 aliphatic heterocycles. The third-order valence-electron chi connectivity index (χ3n) is 6.23. The number of amidine groups is 1. The Morgan fingerprint density at radius 3 is 2.37 bits per heavy atom. The van der Waals surface area contributed by atoms with Gasteiger partial charge in [-0.25, -0.2) is 0 Å². The summed E-state index contributed by atoms with van der Waals surface area (Å²) in [6, 6.07) is 10.4. The minimum atomic E-state index is -0.499. The summed E-state index contributed by atoms with van der Waals surface area (Å²) < 4.78 is 5.57. The molecule has 0 bridgehead atoms. The lowest BCUT2D eigenvalue weighted by atomic mass is 9.85. The summed E-state index contributed by atoms with van der Waals surface area (Å²) in [6.45, 7) is 7.32. The number of aliphatic imine (C=N–C) groups is 1. The van der Waals surface area contributed by atoms with Crippen LogP contribution in [-0.4, -0.2) is 55.0 Å². The van der Waals surface area contributed by atoms with Gasteiger partial charge in [0.2, 0.25) is 5.91 Å². The molecule has 2 saturated heterocycles. The number of para-hydroxylation sites is 1. The van der Waals surface area contributed by atoms with E-state index >= 15 is 0 Å². The lowest BCUT2D eigenvalue weighted by Gasteiger charge is -2.37. The summed E-state index contributed by atoms with van der Waals surface area (Å²) in [7, 11) is 0. The summed E-state index contributed by atoms with van der Waals surface area (Å²) >= 11 is 0. The fraction of sp³-hybridized carbons (Fsp3) is 0.636. The minimum absolute atomic E-state index is 0.0102. The Hall–Kier alpha value is -1.72. The van der Waals surface area contributed by atoms with Crippen LogP contribution in [0.25, 0.3) is 0 Å². The van der Waals surface area contributed by atoms with Crippen LogP contribution in [0, 0.1) is 5.41 Å². The van der Waals surface area contributed by atoms with Crippen molar-refractivity contribution in [3.63, 3.8) is 0 Å². The van der Waals surface area contributed by atoms with E-state index in [0.29, 0.717) is 6.04 Å². The van der Waals surface area contributed by atoms with E-state index < -0.39 is 5.41 Å². The average Bonchev–Trinajstić information content (AvgIpc) is 2.89. The van der Waals surface area contributed by atoms with Gasteiger partial charge in [-0.2, -0.15) is 0 Å². The molecule has 1 aromatic carbocycles. The van der Waals surface area contributed by atoms with Crippen molar-refractivity contribution in [3.05, 3.63) is 30.3 Å². The van der Waals surface area contributed by atoms with Crippen LogP contribution in [-0.2, 0) is 9.53 Å². The Morgan fingerprint density at radius 2 is 1.70 bits per heavy atom. The van der Waals surface area contributed by atoms with Crippen LogP contribution in [0.2, 0.25) is 0 Å². The molecule has 27 heavy (non-hydrogen) atoms. The van der Waals surface area contributed by atoms with Gasteiger partial charge in [0.15, 0.2) is 0 Å². The molecule has 5 heteroatoms. The quantitative estimate of drug-likeness (QED) is 0.819. The number of hydrogen-bond donors (Lipinski definition) is 0. The van der Waals surface area contributed by atoms with Crippen LogP contribution in [0.15, 0.2) is 35.3 Å². The van der Waals surface area contributed by atoms with Crippen molar-refractivity contribution in [2.75, 3.05) is 31.2 Å². The van der Waals surface area contributed by atoms with Gasteiger partial charge in [-0.05, 0) is 38.8 Å². The van der Waals surface area contributed by atoms with Crippen molar-refractivity contribution in [2.24, 2.45) is 10.4 Å². The second-order valence-corrected chi connectivity index (χ2v) is 8.53. The van der Waals surface area contributed by atoms with Gasteiger partial charge in [-0.15, -0.1) is 0 Å². The van der Waals surface area contributed by atoms with E-state index in [0.717, 1.165) is 50.7 Å². The molecule has 1 aliphatic carbocycles. The second kappa shape index (κ2) is 7.72. The van der Waals surface area contributed by atoms with E-state index in [1.807, 2.05) is 35.2 Å². The van der Waals surface area contributed by atoms with Gasteiger partial charge in [-0.1, -0.05) is 37.5 Å². The molecule has 0 radical (unpaired) electrons. The first-order chi connectivity index (χ1) is 13.1. The van der Waals surface area contributed by atoms with Crippen LogP contribution in [0.4, 0.5) is 5.69 Å². The van der Waals surface area contributed by atoms with Crippen LogP contribution in [0.5, 0.6) is 0 Å². The third kappa shape index (κ3) is 3.55. The molecular formula is C22H31N3O2. The number of ether oxygens (including phenoxy) is 1. The molecule has 0 spiro atoms. The van der Waals surface area contributed by atoms with E-state index in [9.17, 15) is 4.79 Å². The fourth-order valence-electron chi connectivity index (χ4n) is 4.76. The molecule has 1 aromatic rings. The monoisotopic (exact) mass is 369 g/mol. The highest BCUT2D eigenvalue weighted by molar-refractivity contribution is 6.27. The Balaban J connectivity index is 1.76. The Morgan fingerprint density at radius 1 is 1.04 bits per heavy atom. The van der Waals surface area contributed by atoms with Crippen molar-refractivity contribution in [1.29, 1.82) is 0 Å². The topological polar surface area (TPSA) is 45.1 Å². The SMILES string of the molecule is CC1(C)C(=O)N(c2ccccc2)C(=NC2CCCCC2)[C@@H]1N1CCOCC1. The Labute approximate surface area is 162 Å². The highest BCUT2D eigenvalue weighted by Gasteiger charge is 2.55. The van der Waals surface area contributed by atoms with E-state index in [1.165, 1.54) is 19.3 Å². The largest absolute Gasteiger partial charge is 0.379 e. The molecule has 5 nitrogen and oxygen atoms in total. The zero-order valence-electron chi connectivity index (χ0n) is 16.6. The van der Waals surface area contributed by atoms with E-state index in [-0.39, 0.29) is 11.9 Å². The van der Waals surface area contributed by atoms with Gasteiger partial charge in [0.25, 0.3) is 0 Å². The smallest absolute Gasteiger partial charge is 0.240 e. The van der Waals surface area contributed by atoms with E-state index in [2.05, 4.69) is 18.7 Å².